The van der Waals surface area contributed by atoms with E-state index in [-0.39, 0.29) is 18.7 Å². The number of nitrogens with two attached hydrogens (primary N) is 1. The Kier molecular flexibility index (Phi) is 3.22. The van der Waals surface area contributed by atoms with Crippen molar-refractivity contribution in [2.75, 3.05) is 29.0 Å². The molecule has 0 bridgehead atoms. The molecule has 3 N–H and O–H groups in total. The van der Waals surface area contributed by atoms with Gasteiger partial charge in [-0.1, -0.05) is 0 Å². The normalized spacial score (nSPS) is 19.6. The maximum absolute atomic E-state index is 12.7. The summed E-state index contributed by atoms with van der Waals surface area (Å²) in [7, 11) is 0. The Bertz CT molecular complexity index is 578. The Morgan fingerprint density at radius 3 is 2.52 bits per heavy atom. The Hall–Kier alpha value is -1.92. The molecule has 0 saturated carbocycles. The molecule has 0 unspecified atom stereocenters. The predicted octanol–water partition coefficient (Wildman–Crippen LogP) is 2.54. The van der Waals surface area contributed by atoms with E-state index in [1.807, 2.05) is 4.90 Å². The first-order chi connectivity index (χ1) is 9.84. The van der Waals surface area contributed by atoms with E-state index in [0.29, 0.717) is 36.6 Å². The lowest BCUT2D eigenvalue weighted by Crippen LogP contribution is -2.39. The number of nitrogens with one attached hydrogen (secondary N) is 1. The number of fused-ring (bicyclic) bond motifs is 1. The van der Waals surface area contributed by atoms with Gasteiger partial charge in [0.25, 0.3) is 0 Å². The fourth-order valence-electron chi connectivity index (χ4n) is 3.00. The lowest BCUT2D eigenvalue weighted by atomic mass is 9.95. The highest BCUT2D eigenvalue weighted by molar-refractivity contribution is 6.00. The van der Waals surface area contributed by atoms with E-state index in [1.165, 1.54) is 0 Å². The van der Waals surface area contributed by atoms with E-state index in [1.54, 1.807) is 12.1 Å². The van der Waals surface area contributed by atoms with Crippen LogP contribution in [-0.2, 0) is 11.2 Å². The van der Waals surface area contributed by atoms with Crippen molar-refractivity contribution in [1.29, 1.82) is 0 Å². The van der Waals surface area contributed by atoms with Crippen LogP contribution >= 0.6 is 0 Å². The van der Waals surface area contributed by atoms with E-state index in [0.717, 1.165) is 5.56 Å². The zero-order valence-corrected chi connectivity index (χ0v) is 11.3. The molecule has 1 amide bonds. The van der Waals surface area contributed by atoms with Crippen LogP contribution in [0.4, 0.5) is 30.2 Å². The molecule has 1 aromatic carbocycles. The van der Waals surface area contributed by atoms with Crippen LogP contribution < -0.4 is 16.0 Å². The van der Waals surface area contributed by atoms with Gasteiger partial charge in [-0.3, -0.25) is 4.79 Å². The fourth-order valence-corrected chi connectivity index (χ4v) is 3.00. The molecule has 7 heteroatoms. The number of hydrogen-bond acceptors (Lipinski definition) is 3. The van der Waals surface area contributed by atoms with Crippen LogP contribution in [-0.4, -0.2) is 25.2 Å². The number of rotatable bonds is 1. The molecule has 2 aliphatic rings. The van der Waals surface area contributed by atoms with E-state index >= 15 is 0 Å². The summed E-state index contributed by atoms with van der Waals surface area (Å²) in [5.74, 6) is -1.32. The third-order valence-corrected chi connectivity index (χ3v) is 4.18. The topological polar surface area (TPSA) is 58.4 Å². The van der Waals surface area contributed by atoms with Gasteiger partial charge in [0.2, 0.25) is 5.91 Å². The molecule has 21 heavy (non-hydrogen) atoms. The average Bonchev–Trinajstić information content (AvgIpc) is 2.76. The van der Waals surface area contributed by atoms with Gasteiger partial charge in [-0.2, -0.15) is 13.2 Å². The molecule has 0 aromatic heterocycles. The summed E-state index contributed by atoms with van der Waals surface area (Å²) in [6.45, 7) is 0.641. The minimum atomic E-state index is -4.12. The number of piperidine rings is 1. The second-order valence-corrected chi connectivity index (χ2v) is 5.60. The summed E-state index contributed by atoms with van der Waals surface area (Å²) in [5.41, 5.74) is 8.75. The standard InChI is InChI=1S/C14H16F3N3O/c15-14(16,17)9-1-3-20(4-2-9)12-7-11-8(5-10(12)18)6-13(21)19-11/h5,7,9H,1-4,6,18H2,(H,19,21). The van der Waals surface area contributed by atoms with Crippen molar-refractivity contribution in [3.63, 3.8) is 0 Å². The van der Waals surface area contributed by atoms with Crippen LogP contribution in [0.15, 0.2) is 12.1 Å². The molecule has 0 atom stereocenters. The van der Waals surface area contributed by atoms with Crippen molar-refractivity contribution in [2.24, 2.45) is 5.92 Å². The van der Waals surface area contributed by atoms with E-state index in [9.17, 15) is 18.0 Å². The maximum Gasteiger partial charge on any atom is 0.391 e. The largest absolute Gasteiger partial charge is 0.397 e. The summed E-state index contributed by atoms with van der Waals surface area (Å²) < 4.78 is 38.0. The van der Waals surface area contributed by atoms with E-state index in [4.69, 9.17) is 5.73 Å². The summed E-state index contributed by atoms with van der Waals surface area (Å²) in [4.78, 5) is 13.2. The van der Waals surface area contributed by atoms with Gasteiger partial charge in [0.15, 0.2) is 0 Å². The van der Waals surface area contributed by atoms with Gasteiger partial charge in [0.1, 0.15) is 0 Å². The molecule has 0 radical (unpaired) electrons. The molecule has 0 spiro atoms. The van der Waals surface area contributed by atoms with Gasteiger partial charge < -0.3 is 16.0 Å². The molecule has 0 aliphatic carbocycles. The fraction of sp³-hybridized carbons (Fsp3) is 0.500. The first-order valence-corrected chi connectivity index (χ1v) is 6.88. The number of nitrogen functional groups attached to an aromatic ring is 1. The minimum Gasteiger partial charge on any atom is -0.397 e. The maximum atomic E-state index is 12.7. The van der Waals surface area contributed by atoms with Crippen molar-refractivity contribution >= 4 is 23.0 Å². The van der Waals surface area contributed by atoms with Crippen molar-refractivity contribution in [3.8, 4) is 0 Å². The van der Waals surface area contributed by atoms with Crippen molar-refractivity contribution in [3.05, 3.63) is 17.7 Å². The number of nitrogens with zero attached hydrogens (tertiary/aromatic N) is 1. The van der Waals surface area contributed by atoms with Crippen LogP contribution in [0, 0.1) is 5.92 Å². The zero-order valence-electron chi connectivity index (χ0n) is 11.3. The molecule has 1 fully saturated rings. The second-order valence-electron chi connectivity index (χ2n) is 5.60. The molecule has 2 heterocycles. The first kappa shape index (κ1) is 14.0. The third-order valence-electron chi connectivity index (χ3n) is 4.18. The van der Waals surface area contributed by atoms with Gasteiger partial charge in [-0.25, -0.2) is 0 Å². The summed E-state index contributed by atoms with van der Waals surface area (Å²) >= 11 is 0. The summed E-state index contributed by atoms with van der Waals surface area (Å²) in [6.07, 6.45) is -3.67. The molecular weight excluding hydrogens is 283 g/mol. The Labute approximate surface area is 120 Å². The first-order valence-electron chi connectivity index (χ1n) is 6.88. The minimum absolute atomic E-state index is 0.0758. The number of halogens is 3. The highest BCUT2D eigenvalue weighted by Crippen LogP contribution is 2.38. The highest BCUT2D eigenvalue weighted by atomic mass is 19.4. The zero-order chi connectivity index (χ0) is 15.2. The Morgan fingerprint density at radius 2 is 1.90 bits per heavy atom. The third kappa shape index (κ3) is 2.64. The monoisotopic (exact) mass is 299 g/mol. The van der Waals surface area contributed by atoms with Gasteiger partial charge in [-0.05, 0) is 30.5 Å². The van der Waals surface area contributed by atoms with Crippen molar-refractivity contribution in [1.82, 2.24) is 0 Å². The second kappa shape index (κ2) is 4.82. The van der Waals surface area contributed by atoms with Crippen LogP contribution in [0.25, 0.3) is 0 Å². The Balaban J connectivity index is 1.77. The summed E-state index contributed by atoms with van der Waals surface area (Å²) in [6, 6.07) is 3.50. The number of anilines is 3. The van der Waals surface area contributed by atoms with Crippen LogP contribution in [0.2, 0.25) is 0 Å². The van der Waals surface area contributed by atoms with Crippen molar-refractivity contribution < 1.29 is 18.0 Å². The van der Waals surface area contributed by atoms with E-state index in [2.05, 4.69) is 5.32 Å². The molecule has 1 saturated heterocycles. The van der Waals surface area contributed by atoms with Gasteiger partial charge in [-0.15, -0.1) is 0 Å². The lowest BCUT2D eigenvalue weighted by Gasteiger charge is -2.35. The molecular formula is C14H16F3N3O. The van der Waals surface area contributed by atoms with Crippen LogP contribution in [0.1, 0.15) is 18.4 Å². The van der Waals surface area contributed by atoms with Crippen LogP contribution in [0.5, 0.6) is 0 Å². The number of benzene rings is 1. The Morgan fingerprint density at radius 1 is 1.24 bits per heavy atom. The summed E-state index contributed by atoms with van der Waals surface area (Å²) in [5, 5.41) is 2.74. The molecule has 4 nitrogen and oxygen atoms in total. The molecule has 2 aliphatic heterocycles. The van der Waals surface area contributed by atoms with Crippen molar-refractivity contribution in [2.45, 2.75) is 25.4 Å². The van der Waals surface area contributed by atoms with Gasteiger partial charge in [0, 0.05) is 18.8 Å². The number of carbonyl (C=O) groups is 1. The van der Waals surface area contributed by atoms with Crippen LogP contribution in [0.3, 0.4) is 0 Å². The molecule has 1 aromatic rings. The number of alkyl halides is 3. The predicted molar refractivity (Wildman–Crippen MR) is 74.2 cm³/mol. The average molecular weight is 299 g/mol. The number of amides is 1. The van der Waals surface area contributed by atoms with E-state index < -0.39 is 12.1 Å². The highest BCUT2D eigenvalue weighted by Gasteiger charge is 2.41. The SMILES string of the molecule is Nc1cc2c(cc1N1CCC(C(F)(F)F)CC1)NC(=O)C2. The lowest BCUT2D eigenvalue weighted by molar-refractivity contribution is -0.179. The molecule has 114 valence electrons. The number of carbonyl (C=O) groups excluding carboxylic acids is 1. The van der Waals surface area contributed by atoms with Gasteiger partial charge >= 0.3 is 6.18 Å². The molecule has 3 rings (SSSR count). The quantitative estimate of drug-likeness (QED) is 0.784. The van der Waals surface area contributed by atoms with Gasteiger partial charge in [0.05, 0.1) is 23.7 Å². The number of hydrogen-bond donors (Lipinski definition) is 2. The smallest absolute Gasteiger partial charge is 0.391 e.